The van der Waals surface area contributed by atoms with Crippen LogP contribution in [-0.2, 0) is 6.54 Å². The van der Waals surface area contributed by atoms with Crippen molar-refractivity contribution in [2.45, 2.75) is 6.54 Å². The molecule has 0 atom stereocenters. The lowest BCUT2D eigenvalue weighted by atomic mass is 10.2. The van der Waals surface area contributed by atoms with Crippen molar-refractivity contribution in [2.75, 3.05) is 7.11 Å². The molecule has 0 aliphatic carbocycles. The molecule has 0 fully saturated rings. The first-order valence-corrected chi connectivity index (χ1v) is 7.75. The van der Waals surface area contributed by atoms with Crippen LogP contribution in [0, 0.1) is 0 Å². The lowest BCUT2D eigenvalue weighted by Gasteiger charge is -2.11. The fraction of sp³-hybridized carbons (Fsp3) is 0.105. The number of carbonyl (C=O) groups excluding carboxylic acids is 1. The van der Waals surface area contributed by atoms with Gasteiger partial charge in [0.25, 0.3) is 11.5 Å². The van der Waals surface area contributed by atoms with Crippen LogP contribution in [-0.4, -0.2) is 22.8 Å². The van der Waals surface area contributed by atoms with Crippen molar-refractivity contribution in [1.29, 1.82) is 0 Å². The summed E-state index contributed by atoms with van der Waals surface area (Å²) >= 11 is 0. The van der Waals surface area contributed by atoms with Gasteiger partial charge in [0, 0.05) is 6.54 Å². The summed E-state index contributed by atoms with van der Waals surface area (Å²) in [5.41, 5.74) is 1.23. The average Bonchev–Trinajstić information content (AvgIpc) is 2.67. The van der Waals surface area contributed by atoms with E-state index in [1.807, 2.05) is 36.4 Å². The van der Waals surface area contributed by atoms with Gasteiger partial charge in [0.2, 0.25) is 0 Å². The molecule has 25 heavy (non-hydrogen) atoms. The molecule has 1 heterocycles. The number of hydrogen-bond acceptors (Lipinski definition) is 4. The summed E-state index contributed by atoms with van der Waals surface area (Å²) in [4.78, 5) is 24.8. The van der Waals surface area contributed by atoms with E-state index in [4.69, 9.17) is 4.74 Å². The number of hydrogen-bond donors (Lipinski definition) is 1. The number of amides is 1. The van der Waals surface area contributed by atoms with Gasteiger partial charge >= 0.3 is 0 Å². The van der Waals surface area contributed by atoms with Gasteiger partial charge in [-0.2, -0.15) is 9.78 Å². The van der Waals surface area contributed by atoms with Gasteiger partial charge in [-0.3, -0.25) is 9.59 Å². The molecule has 1 aromatic heterocycles. The number of benzene rings is 2. The molecule has 6 nitrogen and oxygen atoms in total. The highest BCUT2D eigenvalue weighted by Crippen LogP contribution is 2.14. The van der Waals surface area contributed by atoms with E-state index in [1.54, 1.807) is 24.3 Å². The predicted molar refractivity (Wildman–Crippen MR) is 94.0 cm³/mol. The van der Waals surface area contributed by atoms with E-state index < -0.39 is 5.91 Å². The summed E-state index contributed by atoms with van der Waals surface area (Å²) in [5, 5.41) is 6.98. The number of para-hydroxylation sites is 1. The van der Waals surface area contributed by atoms with Crippen LogP contribution in [0.5, 0.6) is 5.75 Å². The van der Waals surface area contributed by atoms with Crippen molar-refractivity contribution in [3.8, 4) is 11.4 Å². The molecule has 1 amide bonds. The summed E-state index contributed by atoms with van der Waals surface area (Å²) in [6.07, 6.45) is 0. The van der Waals surface area contributed by atoms with E-state index >= 15 is 0 Å². The van der Waals surface area contributed by atoms with Gasteiger partial charge in [-0.1, -0.05) is 48.5 Å². The zero-order valence-corrected chi connectivity index (χ0v) is 13.7. The number of nitrogens with one attached hydrogen (secondary N) is 1. The first-order chi connectivity index (χ1) is 12.2. The number of nitrogens with zero attached hydrogens (tertiary/aromatic N) is 2. The molecule has 0 aliphatic heterocycles. The minimum absolute atomic E-state index is 0.0573. The predicted octanol–water partition coefficient (Wildman–Crippen LogP) is 2.17. The molecule has 0 spiro atoms. The van der Waals surface area contributed by atoms with Crippen molar-refractivity contribution in [3.63, 3.8) is 0 Å². The van der Waals surface area contributed by atoms with Gasteiger partial charge in [0.15, 0.2) is 11.4 Å². The molecule has 0 radical (unpaired) electrons. The summed E-state index contributed by atoms with van der Waals surface area (Å²) < 4.78 is 6.33. The molecule has 0 saturated heterocycles. The van der Waals surface area contributed by atoms with Crippen LogP contribution in [0.2, 0.25) is 0 Å². The Bertz CT molecular complexity index is 922. The van der Waals surface area contributed by atoms with Crippen LogP contribution in [0.1, 0.15) is 16.1 Å². The standard InChI is InChI=1S/C19H17N3O3/c1-25-16-12-17(23)22(15-10-6-3-7-11-15)21-18(16)19(24)20-13-14-8-4-2-5-9-14/h2-12H,13H2,1H3,(H,20,24). The third-order valence-corrected chi connectivity index (χ3v) is 3.63. The fourth-order valence-electron chi connectivity index (χ4n) is 2.37. The second-order valence-corrected chi connectivity index (χ2v) is 5.32. The average molecular weight is 335 g/mol. The van der Waals surface area contributed by atoms with E-state index in [9.17, 15) is 9.59 Å². The maximum atomic E-state index is 12.5. The molecule has 6 heteroatoms. The molecule has 2 aromatic carbocycles. The highest BCUT2D eigenvalue weighted by atomic mass is 16.5. The Morgan fingerprint density at radius 1 is 1.08 bits per heavy atom. The Balaban J connectivity index is 1.91. The van der Waals surface area contributed by atoms with Crippen LogP contribution >= 0.6 is 0 Å². The minimum atomic E-state index is -0.412. The second-order valence-electron chi connectivity index (χ2n) is 5.32. The molecular weight excluding hydrogens is 318 g/mol. The lowest BCUT2D eigenvalue weighted by Crippen LogP contribution is -2.29. The van der Waals surface area contributed by atoms with Gasteiger partial charge in [0.1, 0.15) is 0 Å². The monoisotopic (exact) mass is 335 g/mol. The van der Waals surface area contributed by atoms with Gasteiger partial charge in [-0.05, 0) is 17.7 Å². The zero-order chi connectivity index (χ0) is 17.6. The lowest BCUT2D eigenvalue weighted by molar-refractivity contribution is 0.0940. The topological polar surface area (TPSA) is 73.2 Å². The van der Waals surface area contributed by atoms with Crippen molar-refractivity contribution in [1.82, 2.24) is 15.1 Å². The SMILES string of the molecule is COc1cc(=O)n(-c2ccccc2)nc1C(=O)NCc1ccccc1. The molecule has 0 bridgehead atoms. The molecule has 3 rings (SSSR count). The molecule has 126 valence electrons. The number of ether oxygens (including phenoxy) is 1. The molecule has 0 saturated carbocycles. The zero-order valence-electron chi connectivity index (χ0n) is 13.7. The first kappa shape index (κ1) is 16.4. The Morgan fingerprint density at radius 3 is 2.36 bits per heavy atom. The van der Waals surface area contributed by atoms with Gasteiger partial charge < -0.3 is 10.1 Å². The smallest absolute Gasteiger partial charge is 0.275 e. The van der Waals surface area contributed by atoms with Gasteiger partial charge in [-0.15, -0.1) is 0 Å². The quantitative estimate of drug-likeness (QED) is 0.775. The Hall–Kier alpha value is -3.41. The molecule has 0 unspecified atom stereocenters. The van der Waals surface area contributed by atoms with E-state index in [0.717, 1.165) is 5.56 Å². The third kappa shape index (κ3) is 3.74. The first-order valence-electron chi connectivity index (χ1n) is 7.75. The fourth-order valence-corrected chi connectivity index (χ4v) is 2.37. The van der Waals surface area contributed by atoms with Crippen molar-refractivity contribution >= 4 is 5.91 Å². The maximum Gasteiger partial charge on any atom is 0.275 e. The third-order valence-electron chi connectivity index (χ3n) is 3.63. The van der Waals surface area contributed by atoms with Crippen molar-refractivity contribution in [3.05, 3.63) is 88.3 Å². The molecule has 3 aromatic rings. The van der Waals surface area contributed by atoms with Crippen LogP contribution in [0.25, 0.3) is 5.69 Å². The molecule has 0 aliphatic rings. The largest absolute Gasteiger partial charge is 0.494 e. The van der Waals surface area contributed by atoms with E-state index in [0.29, 0.717) is 12.2 Å². The Kier molecular flexibility index (Phi) is 4.89. The second kappa shape index (κ2) is 7.44. The Morgan fingerprint density at radius 2 is 1.72 bits per heavy atom. The van der Waals surface area contributed by atoms with E-state index in [1.165, 1.54) is 17.9 Å². The number of carbonyl (C=O) groups is 1. The van der Waals surface area contributed by atoms with Gasteiger partial charge in [0.05, 0.1) is 18.9 Å². The highest BCUT2D eigenvalue weighted by molar-refractivity contribution is 5.94. The molecular formula is C19H17N3O3. The molecule has 1 N–H and O–H groups in total. The van der Waals surface area contributed by atoms with Gasteiger partial charge in [-0.25, -0.2) is 0 Å². The maximum absolute atomic E-state index is 12.5. The normalized spacial score (nSPS) is 10.3. The van der Waals surface area contributed by atoms with Crippen LogP contribution < -0.4 is 15.6 Å². The Labute approximate surface area is 144 Å². The summed E-state index contributed by atoms with van der Waals surface area (Å²) in [6.45, 7) is 0.356. The summed E-state index contributed by atoms with van der Waals surface area (Å²) in [5.74, 6) is -0.270. The van der Waals surface area contributed by atoms with Crippen LogP contribution in [0.4, 0.5) is 0 Å². The number of methoxy groups -OCH3 is 1. The van der Waals surface area contributed by atoms with Crippen molar-refractivity contribution < 1.29 is 9.53 Å². The number of rotatable bonds is 5. The minimum Gasteiger partial charge on any atom is -0.494 e. The summed E-state index contributed by atoms with van der Waals surface area (Å²) in [6, 6.07) is 19.7. The van der Waals surface area contributed by atoms with Crippen LogP contribution in [0.3, 0.4) is 0 Å². The summed E-state index contributed by atoms with van der Waals surface area (Å²) in [7, 11) is 1.40. The van der Waals surface area contributed by atoms with E-state index in [-0.39, 0.29) is 17.0 Å². The highest BCUT2D eigenvalue weighted by Gasteiger charge is 2.17. The van der Waals surface area contributed by atoms with Crippen molar-refractivity contribution in [2.24, 2.45) is 0 Å². The number of aromatic nitrogens is 2. The van der Waals surface area contributed by atoms with Crippen LogP contribution in [0.15, 0.2) is 71.5 Å². The van der Waals surface area contributed by atoms with E-state index in [2.05, 4.69) is 10.4 Å².